The molecule has 10 unspecified atom stereocenters. The van der Waals surface area contributed by atoms with Gasteiger partial charge in [0.2, 0.25) is 12.6 Å². The molecule has 0 aromatic heterocycles. The van der Waals surface area contributed by atoms with Crippen LogP contribution in [0, 0.1) is 6.92 Å². The highest BCUT2D eigenvalue weighted by atomic mass is 16.7. The first kappa shape index (κ1) is 29.7. The van der Waals surface area contributed by atoms with E-state index in [2.05, 4.69) is 0 Å². The van der Waals surface area contributed by atoms with Crippen LogP contribution in [0.25, 0.3) is 10.8 Å². The third kappa shape index (κ3) is 5.52. The molecule has 0 aliphatic carbocycles. The van der Waals surface area contributed by atoms with Crippen LogP contribution in [0.15, 0.2) is 18.2 Å². The maximum Gasteiger partial charge on any atom is 0.229 e. The van der Waals surface area contributed by atoms with Gasteiger partial charge in [0.05, 0.1) is 13.2 Å². The van der Waals surface area contributed by atoms with E-state index in [1.165, 1.54) is 6.07 Å². The van der Waals surface area contributed by atoms with Crippen LogP contribution in [0.3, 0.4) is 0 Å². The average molecular weight is 557 g/mol. The molecule has 218 valence electrons. The van der Waals surface area contributed by atoms with Gasteiger partial charge in [-0.15, -0.1) is 0 Å². The van der Waals surface area contributed by atoms with Crippen molar-refractivity contribution in [2.24, 2.45) is 0 Å². The van der Waals surface area contributed by atoms with Gasteiger partial charge in [-0.3, -0.25) is 0 Å². The zero-order chi connectivity index (χ0) is 28.8. The van der Waals surface area contributed by atoms with Gasteiger partial charge in [-0.05, 0) is 47.6 Å². The Labute approximate surface area is 224 Å². The van der Waals surface area contributed by atoms with Gasteiger partial charge in [-0.25, -0.2) is 0 Å². The Morgan fingerprint density at radius 2 is 1.23 bits per heavy atom. The predicted molar refractivity (Wildman–Crippen MR) is 133 cm³/mol. The fraction of sp³-hybridized carbons (Fsp3) is 0.615. The van der Waals surface area contributed by atoms with Crippen LogP contribution in [0.2, 0.25) is 0 Å². The molecule has 0 spiro atoms. The lowest BCUT2D eigenvalue weighted by molar-refractivity contribution is -0.277. The lowest BCUT2D eigenvalue weighted by atomic mass is 9.93. The fourth-order valence-corrected chi connectivity index (χ4v) is 4.87. The smallest absolute Gasteiger partial charge is 0.229 e. The minimum absolute atomic E-state index is 0.0677. The van der Waals surface area contributed by atoms with Gasteiger partial charge < -0.3 is 64.9 Å². The van der Waals surface area contributed by atoms with E-state index in [0.29, 0.717) is 10.9 Å². The lowest BCUT2D eigenvalue weighted by Gasteiger charge is -2.40. The Bertz CT molecular complexity index is 1150. The Hall–Kier alpha value is -2.30. The summed E-state index contributed by atoms with van der Waals surface area (Å²) in [5.41, 5.74) is 1.20. The summed E-state index contributed by atoms with van der Waals surface area (Å²) in [5.74, 6) is -0.384. The topological polar surface area (TPSA) is 219 Å². The van der Waals surface area contributed by atoms with Crippen LogP contribution < -0.4 is 9.47 Å². The SMILES string of the molecule is Cc1cc2c(C(C)C)cc(OC3OC(CO)C(O)C(O)C3O)cc2c(O)c1OC1OC(CO)C(O)C(O)C1O. The standard InChI is InChI=1S/C26H36O13/c1-9(2)12-5-11(36-25-22(34)20(32)18(30)15(7-27)37-25)6-14-13(12)4-10(3)24(17(14)29)39-26-23(35)21(33)19(31)16(8-28)38-26/h4-6,9,15-16,18-23,25-35H,7-8H2,1-3H3. The number of phenols is 1. The normalized spacial score (nSPS) is 35.4. The van der Waals surface area contributed by atoms with E-state index in [1.54, 1.807) is 19.1 Å². The van der Waals surface area contributed by atoms with E-state index in [1.807, 2.05) is 13.8 Å². The van der Waals surface area contributed by atoms with Crippen LogP contribution in [0.1, 0.15) is 30.9 Å². The first-order valence-corrected chi connectivity index (χ1v) is 12.6. The molecule has 13 heteroatoms. The van der Waals surface area contributed by atoms with Crippen molar-refractivity contribution in [1.29, 1.82) is 0 Å². The van der Waals surface area contributed by atoms with Gasteiger partial charge in [-0.2, -0.15) is 0 Å². The third-order valence-electron chi connectivity index (χ3n) is 7.18. The third-order valence-corrected chi connectivity index (χ3v) is 7.18. The first-order valence-electron chi connectivity index (χ1n) is 12.6. The quantitative estimate of drug-likeness (QED) is 0.187. The Morgan fingerprint density at radius 3 is 1.72 bits per heavy atom. The maximum atomic E-state index is 11.3. The zero-order valence-electron chi connectivity index (χ0n) is 21.7. The van der Waals surface area contributed by atoms with E-state index in [4.69, 9.17) is 18.9 Å². The van der Waals surface area contributed by atoms with Crippen molar-refractivity contribution in [2.45, 2.75) is 88.1 Å². The molecule has 0 amide bonds. The largest absolute Gasteiger partial charge is 0.504 e. The van der Waals surface area contributed by atoms with Crippen molar-refractivity contribution < 1.29 is 64.9 Å². The lowest BCUT2D eigenvalue weighted by Crippen LogP contribution is -2.60. The number of hydrogen-bond acceptors (Lipinski definition) is 13. The number of ether oxygens (including phenoxy) is 4. The molecule has 10 atom stereocenters. The summed E-state index contributed by atoms with van der Waals surface area (Å²) in [6.07, 6.45) is -15.1. The van der Waals surface area contributed by atoms with Crippen LogP contribution >= 0.6 is 0 Å². The highest BCUT2D eigenvalue weighted by Gasteiger charge is 2.46. The van der Waals surface area contributed by atoms with Gasteiger partial charge in [-0.1, -0.05) is 13.8 Å². The predicted octanol–water partition coefficient (Wildman–Crippen LogP) is -1.67. The van der Waals surface area contributed by atoms with Gasteiger partial charge in [0, 0.05) is 5.39 Å². The molecule has 2 aliphatic heterocycles. The second kappa shape index (κ2) is 11.7. The minimum atomic E-state index is -1.69. The van der Waals surface area contributed by atoms with Crippen molar-refractivity contribution in [3.05, 3.63) is 29.3 Å². The van der Waals surface area contributed by atoms with E-state index < -0.39 is 74.6 Å². The average Bonchev–Trinajstić information content (AvgIpc) is 2.91. The number of aliphatic hydroxyl groups excluding tert-OH is 8. The molecule has 0 saturated carbocycles. The Kier molecular flexibility index (Phi) is 8.88. The fourth-order valence-electron chi connectivity index (χ4n) is 4.87. The first-order chi connectivity index (χ1) is 18.4. The van der Waals surface area contributed by atoms with Gasteiger partial charge in [0.15, 0.2) is 11.5 Å². The van der Waals surface area contributed by atoms with Crippen LogP contribution in [-0.2, 0) is 9.47 Å². The maximum absolute atomic E-state index is 11.3. The summed E-state index contributed by atoms with van der Waals surface area (Å²) in [6, 6.07) is 4.85. The number of hydrogen-bond donors (Lipinski definition) is 9. The van der Waals surface area contributed by atoms with Crippen molar-refractivity contribution >= 4 is 10.8 Å². The summed E-state index contributed by atoms with van der Waals surface area (Å²) in [4.78, 5) is 0. The van der Waals surface area contributed by atoms with Crippen LogP contribution in [0.4, 0.5) is 0 Å². The number of aromatic hydroxyl groups is 1. The number of benzene rings is 2. The minimum Gasteiger partial charge on any atom is -0.504 e. The van der Waals surface area contributed by atoms with Gasteiger partial charge >= 0.3 is 0 Å². The summed E-state index contributed by atoms with van der Waals surface area (Å²) in [6.45, 7) is 4.21. The summed E-state index contributed by atoms with van der Waals surface area (Å²) >= 11 is 0. The highest BCUT2D eigenvalue weighted by Crippen LogP contribution is 2.44. The van der Waals surface area contributed by atoms with Gasteiger partial charge in [0.25, 0.3) is 0 Å². The molecule has 2 heterocycles. The summed E-state index contributed by atoms with van der Waals surface area (Å²) < 4.78 is 22.4. The second-order valence-corrected chi connectivity index (χ2v) is 10.3. The molecular weight excluding hydrogens is 520 g/mol. The molecule has 0 radical (unpaired) electrons. The number of fused-ring (bicyclic) bond motifs is 1. The monoisotopic (exact) mass is 556 g/mol. The molecule has 2 aromatic rings. The number of rotatable bonds is 7. The molecule has 4 rings (SSSR count). The van der Waals surface area contributed by atoms with Crippen LogP contribution in [-0.4, -0.2) is 121 Å². The summed E-state index contributed by atoms with van der Waals surface area (Å²) in [7, 11) is 0. The molecule has 2 saturated heterocycles. The molecule has 9 N–H and O–H groups in total. The summed E-state index contributed by atoms with van der Waals surface area (Å²) in [5, 5.41) is 92.2. The zero-order valence-corrected chi connectivity index (χ0v) is 21.7. The highest BCUT2D eigenvalue weighted by molar-refractivity contribution is 5.95. The van der Waals surface area contributed by atoms with Crippen molar-refractivity contribution in [3.63, 3.8) is 0 Å². The molecular formula is C26H36O13. The molecule has 39 heavy (non-hydrogen) atoms. The second-order valence-electron chi connectivity index (χ2n) is 10.3. The van der Waals surface area contributed by atoms with Crippen molar-refractivity contribution in [3.8, 4) is 17.2 Å². The van der Waals surface area contributed by atoms with E-state index in [-0.39, 0.29) is 28.6 Å². The van der Waals surface area contributed by atoms with E-state index in [9.17, 15) is 46.0 Å². The Morgan fingerprint density at radius 1 is 0.718 bits per heavy atom. The molecule has 2 fully saturated rings. The van der Waals surface area contributed by atoms with Crippen LogP contribution in [0.5, 0.6) is 17.2 Å². The molecule has 2 aliphatic rings. The molecule has 13 nitrogen and oxygen atoms in total. The van der Waals surface area contributed by atoms with Crippen molar-refractivity contribution in [1.82, 2.24) is 0 Å². The molecule has 2 aromatic carbocycles. The molecule has 0 bridgehead atoms. The van der Waals surface area contributed by atoms with Gasteiger partial charge in [0.1, 0.15) is 54.6 Å². The Balaban J connectivity index is 1.72. The number of aryl methyl sites for hydroxylation is 1. The van der Waals surface area contributed by atoms with Crippen molar-refractivity contribution in [2.75, 3.05) is 13.2 Å². The van der Waals surface area contributed by atoms with E-state index in [0.717, 1.165) is 5.56 Å². The number of aliphatic hydroxyl groups is 8. The van der Waals surface area contributed by atoms with E-state index >= 15 is 0 Å². The number of phenolic OH excluding ortho intramolecular Hbond substituents is 1.